The lowest BCUT2D eigenvalue weighted by Crippen LogP contribution is -2.48. The van der Waals surface area contributed by atoms with Crippen molar-refractivity contribution in [3.05, 3.63) is 71.3 Å². The third-order valence-corrected chi connectivity index (χ3v) is 6.34. The number of benzene rings is 2. The van der Waals surface area contributed by atoms with Crippen molar-refractivity contribution in [2.75, 3.05) is 33.4 Å². The van der Waals surface area contributed by atoms with Gasteiger partial charge >= 0.3 is 0 Å². The maximum Gasteiger partial charge on any atom is 0.225 e. The molecule has 2 atom stereocenters. The average Bonchev–Trinajstić information content (AvgIpc) is 3.11. The molecule has 5 nitrogen and oxygen atoms in total. The third-order valence-electron chi connectivity index (χ3n) is 6.34. The molecule has 1 fully saturated rings. The number of hydrogen-bond donors (Lipinski definition) is 1. The van der Waals surface area contributed by atoms with Crippen LogP contribution in [0.3, 0.4) is 0 Å². The van der Waals surface area contributed by atoms with Gasteiger partial charge in [-0.3, -0.25) is 14.5 Å². The van der Waals surface area contributed by atoms with Gasteiger partial charge in [-0.1, -0.05) is 54.6 Å². The highest BCUT2D eigenvalue weighted by Crippen LogP contribution is 2.46. The average molecular weight is 392 g/mol. The summed E-state index contributed by atoms with van der Waals surface area (Å²) in [6.07, 6.45) is 1.56. The number of ether oxygens (including phenoxy) is 1. The van der Waals surface area contributed by atoms with Crippen LogP contribution in [0.15, 0.2) is 54.6 Å². The Hall–Kier alpha value is -2.50. The summed E-state index contributed by atoms with van der Waals surface area (Å²) in [6.45, 7) is 2.90. The Morgan fingerprint density at radius 1 is 1.17 bits per heavy atom. The lowest BCUT2D eigenvalue weighted by Gasteiger charge is -2.37. The van der Waals surface area contributed by atoms with Gasteiger partial charge < -0.3 is 10.1 Å². The van der Waals surface area contributed by atoms with Crippen LogP contribution in [0.1, 0.15) is 27.9 Å². The van der Waals surface area contributed by atoms with Gasteiger partial charge in [-0.2, -0.15) is 0 Å². The normalized spacial score (nSPS) is 23.9. The van der Waals surface area contributed by atoms with Crippen LogP contribution in [0.25, 0.3) is 0 Å². The summed E-state index contributed by atoms with van der Waals surface area (Å²) in [5.41, 5.74) is 2.44. The number of hydrogen-bond acceptors (Lipinski definition) is 4. The number of amides is 1. The SMILES string of the molecule is COCCNC(=O)[C@@H]1CN(Cc2ccccc2)C[C@]12CCc1ccccc1C2=O. The first-order valence-electron chi connectivity index (χ1n) is 10.3. The molecule has 2 aliphatic rings. The number of fused-ring (bicyclic) bond motifs is 1. The molecule has 1 aliphatic carbocycles. The van der Waals surface area contributed by atoms with Gasteiger partial charge in [-0.25, -0.2) is 0 Å². The second kappa shape index (κ2) is 8.47. The summed E-state index contributed by atoms with van der Waals surface area (Å²) in [6, 6.07) is 18.1. The Labute approximate surface area is 172 Å². The van der Waals surface area contributed by atoms with Gasteiger partial charge in [0.2, 0.25) is 5.91 Å². The molecule has 0 bridgehead atoms. The first-order chi connectivity index (χ1) is 14.1. The number of ketones is 1. The number of methoxy groups -OCH3 is 1. The second-order valence-electron chi connectivity index (χ2n) is 8.13. The molecule has 1 aliphatic heterocycles. The van der Waals surface area contributed by atoms with Crippen LogP contribution in [0.4, 0.5) is 0 Å². The number of nitrogens with one attached hydrogen (secondary N) is 1. The predicted molar refractivity (Wildman–Crippen MR) is 112 cm³/mol. The second-order valence-corrected chi connectivity index (χ2v) is 8.13. The highest BCUT2D eigenvalue weighted by Gasteiger charge is 2.56. The smallest absolute Gasteiger partial charge is 0.225 e. The standard InChI is InChI=1S/C24H28N2O3/c1-29-14-13-25-23(28)21-16-26(15-18-7-3-2-4-8-18)17-24(21)12-11-19-9-5-6-10-20(19)22(24)27/h2-10,21H,11-17H2,1H3,(H,25,28)/t21-,24+/m0/s1. The van der Waals surface area contributed by atoms with Gasteiger partial charge in [0.05, 0.1) is 17.9 Å². The molecule has 1 saturated heterocycles. The van der Waals surface area contributed by atoms with Crippen molar-refractivity contribution in [1.29, 1.82) is 0 Å². The van der Waals surface area contributed by atoms with E-state index in [-0.39, 0.29) is 17.6 Å². The van der Waals surface area contributed by atoms with E-state index in [0.717, 1.165) is 30.5 Å². The zero-order valence-electron chi connectivity index (χ0n) is 16.9. The van der Waals surface area contributed by atoms with Crippen LogP contribution in [0.2, 0.25) is 0 Å². The lowest BCUT2D eigenvalue weighted by molar-refractivity contribution is -0.127. The molecule has 1 heterocycles. The van der Waals surface area contributed by atoms with Crippen LogP contribution < -0.4 is 5.32 Å². The topological polar surface area (TPSA) is 58.6 Å². The molecule has 152 valence electrons. The quantitative estimate of drug-likeness (QED) is 0.768. The van der Waals surface area contributed by atoms with Crippen molar-refractivity contribution in [1.82, 2.24) is 10.2 Å². The lowest BCUT2D eigenvalue weighted by atomic mass is 9.64. The molecular formula is C24H28N2O3. The van der Waals surface area contributed by atoms with Gasteiger partial charge in [0.25, 0.3) is 0 Å². The Morgan fingerprint density at radius 3 is 2.72 bits per heavy atom. The molecule has 1 spiro atoms. The summed E-state index contributed by atoms with van der Waals surface area (Å²) in [7, 11) is 1.62. The van der Waals surface area contributed by atoms with E-state index >= 15 is 0 Å². The van der Waals surface area contributed by atoms with Crippen molar-refractivity contribution in [2.24, 2.45) is 11.3 Å². The number of likely N-dealkylation sites (tertiary alicyclic amines) is 1. The fourth-order valence-electron chi connectivity index (χ4n) is 4.88. The van der Waals surface area contributed by atoms with Crippen LogP contribution >= 0.6 is 0 Å². The highest BCUT2D eigenvalue weighted by atomic mass is 16.5. The van der Waals surface area contributed by atoms with Gasteiger partial charge in [0.1, 0.15) is 0 Å². The van der Waals surface area contributed by atoms with Crippen molar-refractivity contribution >= 4 is 11.7 Å². The van der Waals surface area contributed by atoms with E-state index in [0.29, 0.717) is 26.2 Å². The molecule has 1 amide bonds. The first-order valence-corrected chi connectivity index (χ1v) is 10.3. The number of nitrogens with zero attached hydrogens (tertiary/aromatic N) is 1. The molecule has 29 heavy (non-hydrogen) atoms. The van der Waals surface area contributed by atoms with Crippen LogP contribution in [0, 0.1) is 11.3 Å². The van der Waals surface area contributed by atoms with Crippen molar-refractivity contribution in [3.8, 4) is 0 Å². The molecule has 2 aromatic rings. The van der Waals surface area contributed by atoms with Crippen LogP contribution in [-0.4, -0.2) is 49.9 Å². The molecule has 0 radical (unpaired) electrons. The summed E-state index contributed by atoms with van der Waals surface area (Å²) >= 11 is 0. The maximum absolute atomic E-state index is 13.7. The zero-order chi connectivity index (χ0) is 20.3. The van der Waals surface area contributed by atoms with E-state index in [1.807, 2.05) is 42.5 Å². The summed E-state index contributed by atoms with van der Waals surface area (Å²) in [5.74, 6) is -0.254. The fraction of sp³-hybridized carbons (Fsp3) is 0.417. The largest absolute Gasteiger partial charge is 0.383 e. The monoisotopic (exact) mass is 392 g/mol. The molecular weight excluding hydrogens is 364 g/mol. The van der Waals surface area contributed by atoms with Crippen LogP contribution in [0.5, 0.6) is 0 Å². The van der Waals surface area contributed by atoms with Crippen LogP contribution in [-0.2, 0) is 22.5 Å². The summed E-state index contributed by atoms with van der Waals surface area (Å²) in [5, 5.41) is 2.98. The number of aryl methyl sites for hydroxylation is 1. The van der Waals surface area contributed by atoms with E-state index in [9.17, 15) is 9.59 Å². The van der Waals surface area contributed by atoms with Gasteiger partial charge in [-0.05, 0) is 24.0 Å². The predicted octanol–water partition coefficient (Wildman–Crippen LogP) is 2.70. The minimum Gasteiger partial charge on any atom is -0.383 e. The Balaban J connectivity index is 1.61. The van der Waals surface area contributed by atoms with Crippen molar-refractivity contribution in [3.63, 3.8) is 0 Å². The third kappa shape index (κ3) is 3.85. The molecule has 2 aromatic carbocycles. The van der Waals surface area contributed by atoms with Gasteiger partial charge in [0.15, 0.2) is 5.78 Å². The van der Waals surface area contributed by atoms with E-state index in [1.54, 1.807) is 7.11 Å². The molecule has 0 saturated carbocycles. The van der Waals surface area contributed by atoms with Crippen molar-refractivity contribution < 1.29 is 14.3 Å². The first kappa shape index (κ1) is 19.8. The zero-order valence-corrected chi connectivity index (χ0v) is 16.9. The maximum atomic E-state index is 13.7. The molecule has 0 aromatic heterocycles. The number of carbonyl (C=O) groups is 2. The van der Waals surface area contributed by atoms with Gasteiger partial charge in [-0.15, -0.1) is 0 Å². The molecule has 0 unspecified atom stereocenters. The van der Waals surface area contributed by atoms with Crippen molar-refractivity contribution in [2.45, 2.75) is 19.4 Å². The number of carbonyl (C=O) groups excluding carboxylic acids is 2. The Bertz CT molecular complexity index is 883. The summed E-state index contributed by atoms with van der Waals surface area (Å²) in [4.78, 5) is 29.0. The molecule has 5 heteroatoms. The fourth-order valence-corrected chi connectivity index (χ4v) is 4.88. The van der Waals surface area contributed by atoms with E-state index < -0.39 is 5.41 Å². The Morgan fingerprint density at radius 2 is 1.93 bits per heavy atom. The summed E-state index contributed by atoms with van der Waals surface area (Å²) < 4.78 is 5.07. The molecule has 1 N–H and O–H groups in total. The highest BCUT2D eigenvalue weighted by molar-refractivity contribution is 6.06. The van der Waals surface area contributed by atoms with E-state index in [1.165, 1.54) is 5.56 Å². The molecule has 4 rings (SSSR count). The number of Topliss-reactive ketones (excluding diaryl/α,β-unsaturated/α-hetero) is 1. The van der Waals surface area contributed by atoms with E-state index in [4.69, 9.17) is 4.74 Å². The number of rotatable bonds is 6. The Kier molecular flexibility index (Phi) is 5.79. The minimum absolute atomic E-state index is 0.0367. The minimum atomic E-state index is -0.652. The van der Waals surface area contributed by atoms with E-state index in [2.05, 4.69) is 22.3 Å². The van der Waals surface area contributed by atoms with Gasteiger partial charge in [0, 0.05) is 38.9 Å².